The average Bonchev–Trinajstić information content (AvgIpc) is 3.11. The summed E-state index contributed by atoms with van der Waals surface area (Å²) >= 11 is 0. The van der Waals surface area contributed by atoms with Gasteiger partial charge in [-0.2, -0.15) is 0 Å². The SMILES string of the molecule is CC(C)(C)c1ccc(C(=O)OCC(=O)Nc2ccccc2N2CCCC2=O)cc1. The lowest BCUT2D eigenvalue weighted by Gasteiger charge is -2.20. The number of nitrogens with one attached hydrogen (secondary N) is 1. The van der Waals surface area contributed by atoms with Gasteiger partial charge < -0.3 is 15.0 Å². The minimum atomic E-state index is -0.552. The topological polar surface area (TPSA) is 75.7 Å². The van der Waals surface area contributed by atoms with Crippen molar-refractivity contribution in [2.75, 3.05) is 23.4 Å². The zero-order valence-corrected chi connectivity index (χ0v) is 17.0. The maximum atomic E-state index is 12.3. The Labute approximate surface area is 170 Å². The van der Waals surface area contributed by atoms with Crippen LogP contribution in [-0.4, -0.2) is 30.9 Å². The number of amides is 2. The monoisotopic (exact) mass is 394 g/mol. The first-order chi connectivity index (χ1) is 13.8. The molecule has 2 amide bonds. The number of anilines is 2. The van der Waals surface area contributed by atoms with E-state index in [4.69, 9.17) is 4.74 Å². The van der Waals surface area contributed by atoms with Gasteiger partial charge in [0.15, 0.2) is 6.61 Å². The third kappa shape index (κ3) is 5.02. The van der Waals surface area contributed by atoms with E-state index in [1.54, 1.807) is 35.2 Å². The minimum Gasteiger partial charge on any atom is -0.452 e. The Morgan fingerprint density at radius 3 is 2.38 bits per heavy atom. The van der Waals surface area contributed by atoms with E-state index in [1.165, 1.54) is 0 Å². The summed E-state index contributed by atoms with van der Waals surface area (Å²) in [5.74, 6) is -0.968. The van der Waals surface area contributed by atoms with Crippen LogP contribution in [0.2, 0.25) is 0 Å². The van der Waals surface area contributed by atoms with E-state index in [2.05, 4.69) is 26.1 Å². The quantitative estimate of drug-likeness (QED) is 0.780. The van der Waals surface area contributed by atoms with E-state index in [9.17, 15) is 14.4 Å². The molecule has 1 N–H and O–H groups in total. The summed E-state index contributed by atoms with van der Waals surface area (Å²) in [6.07, 6.45) is 1.31. The van der Waals surface area contributed by atoms with E-state index in [1.807, 2.05) is 18.2 Å². The summed E-state index contributed by atoms with van der Waals surface area (Å²) in [7, 11) is 0. The Balaban J connectivity index is 1.59. The molecule has 152 valence electrons. The number of rotatable bonds is 5. The molecule has 0 saturated carbocycles. The summed E-state index contributed by atoms with van der Waals surface area (Å²) < 4.78 is 5.14. The summed E-state index contributed by atoms with van der Waals surface area (Å²) in [5.41, 5.74) is 2.69. The minimum absolute atomic E-state index is 0.00750. The van der Waals surface area contributed by atoms with Gasteiger partial charge in [-0.05, 0) is 41.7 Å². The molecule has 3 rings (SSSR count). The Morgan fingerprint density at radius 2 is 1.76 bits per heavy atom. The van der Waals surface area contributed by atoms with Crippen LogP contribution in [0, 0.1) is 0 Å². The molecule has 0 bridgehead atoms. The van der Waals surface area contributed by atoms with Gasteiger partial charge in [-0.15, -0.1) is 0 Å². The van der Waals surface area contributed by atoms with Crippen molar-refractivity contribution in [1.29, 1.82) is 0 Å². The number of carbonyl (C=O) groups excluding carboxylic acids is 3. The first-order valence-electron chi connectivity index (χ1n) is 9.72. The van der Waals surface area contributed by atoms with E-state index < -0.39 is 18.5 Å². The van der Waals surface area contributed by atoms with Gasteiger partial charge in [0, 0.05) is 13.0 Å². The highest BCUT2D eigenvalue weighted by atomic mass is 16.5. The molecule has 0 atom stereocenters. The standard InChI is InChI=1S/C23H26N2O4/c1-23(2,3)17-12-10-16(11-13-17)22(28)29-15-20(26)24-18-7-4-5-8-19(18)25-14-6-9-21(25)27/h4-5,7-8,10-13H,6,9,14-15H2,1-3H3,(H,24,26). The molecular formula is C23H26N2O4. The molecule has 1 aliphatic rings. The van der Waals surface area contributed by atoms with Crippen LogP contribution in [0.5, 0.6) is 0 Å². The normalized spacial score (nSPS) is 14.0. The Hall–Kier alpha value is -3.15. The predicted octanol–water partition coefficient (Wildman–Crippen LogP) is 3.91. The summed E-state index contributed by atoms with van der Waals surface area (Å²) in [6.45, 7) is 6.52. The second-order valence-corrected chi connectivity index (χ2v) is 8.12. The molecule has 1 saturated heterocycles. The number of ether oxygens (including phenoxy) is 1. The molecule has 1 fully saturated rings. The lowest BCUT2D eigenvalue weighted by Crippen LogP contribution is -2.27. The van der Waals surface area contributed by atoms with E-state index in [0.29, 0.717) is 29.9 Å². The lowest BCUT2D eigenvalue weighted by molar-refractivity contribution is -0.119. The number of hydrogen-bond donors (Lipinski definition) is 1. The van der Waals surface area contributed by atoms with Gasteiger partial charge in [0.25, 0.3) is 5.91 Å². The van der Waals surface area contributed by atoms with Crippen molar-refractivity contribution in [1.82, 2.24) is 0 Å². The summed E-state index contributed by atoms with van der Waals surface area (Å²) in [4.78, 5) is 38.2. The predicted molar refractivity (Wildman–Crippen MR) is 112 cm³/mol. The molecule has 29 heavy (non-hydrogen) atoms. The number of carbonyl (C=O) groups is 3. The van der Waals surface area contributed by atoms with Crippen LogP contribution in [0.25, 0.3) is 0 Å². The van der Waals surface area contributed by atoms with Crippen LogP contribution < -0.4 is 10.2 Å². The van der Waals surface area contributed by atoms with Crippen molar-refractivity contribution in [3.05, 3.63) is 59.7 Å². The van der Waals surface area contributed by atoms with Crippen molar-refractivity contribution < 1.29 is 19.1 Å². The molecule has 0 radical (unpaired) electrons. The number of hydrogen-bond acceptors (Lipinski definition) is 4. The van der Waals surface area contributed by atoms with Gasteiger partial charge in [-0.1, -0.05) is 45.0 Å². The molecule has 6 nitrogen and oxygen atoms in total. The zero-order valence-electron chi connectivity index (χ0n) is 17.0. The molecule has 1 heterocycles. The largest absolute Gasteiger partial charge is 0.452 e. The van der Waals surface area contributed by atoms with Crippen molar-refractivity contribution in [2.24, 2.45) is 0 Å². The molecule has 6 heteroatoms. The maximum Gasteiger partial charge on any atom is 0.338 e. The lowest BCUT2D eigenvalue weighted by atomic mass is 9.87. The van der Waals surface area contributed by atoms with E-state index in [0.717, 1.165) is 12.0 Å². The van der Waals surface area contributed by atoms with E-state index >= 15 is 0 Å². The smallest absolute Gasteiger partial charge is 0.338 e. The first-order valence-corrected chi connectivity index (χ1v) is 9.72. The fraction of sp³-hybridized carbons (Fsp3) is 0.348. The Bertz CT molecular complexity index is 913. The molecule has 0 unspecified atom stereocenters. The van der Waals surface area contributed by atoms with Gasteiger partial charge in [0.1, 0.15) is 0 Å². The van der Waals surface area contributed by atoms with Crippen LogP contribution in [0.3, 0.4) is 0 Å². The van der Waals surface area contributed by atoms with Gasteiger partial charge in [-0.25, -0.2) is 4.79 Å². The Morgan fingerprint density at radius 1 is 1.07 bits per heavy atom. The molecule has 0 aromatic heterocycles. The number of nitrogens with zero attached hydrogens (tertiary/aromatic N) is 1. The molecule has 0 spiro atoms. The van der Waals surface area contributed by atoms with Crippen LogP contribution in [0.15, 0.2) is 48.5 Å². The highest BCUT2D eigenvalue weighted by Crippen LogP contribution is 2.29. The third-order valence-corrected chi connectivity index (χ3v) is 4.86. The van der Waals surface area contributed by atoms with Crippen molar-refractivity contribution in [3.8, 4) is 0 Å². The maximum absolute atomic E-state index is 12.3. The van der Waals surface area contributed by atoms with Crippen LogP contribution in [0.1, 0.15) is 49.5 Å². The van der Waals surface area contributed by atoms with Gasteiger partial charge in [0.05, 0.1) is 16.9 Å². The van der Waals surface area contributed by atoms with E-state index in [-0.39, 0.29) is 11.3 Å². The number of esters is 1. The van der Waals surface area contributed by atoms with Crippen molar-refractivity contribution >= 4 is 29.2 Å². The average molecular weight is 394 g/mol. The molecular weight excluding hydrogens is 368 g/mol. The second-order valence-electron chi connectivity index (χ2n) is 8.12. The van der Waals surface area contributed by atoms with Gasteiger partial charge in [0.2, 0.25) is 5.91 Å². The van der Waals surface area contributed by atoms with Gasteiger partial charge in [-0.3, -0.25) is 9.59 Å². The fourth-order valence-corrected chi connectivity index (χ4v) is 3.22. The molecule has 0 aliphatic carbocycles. The molecule has 1 aliphatic heterocycles. The second kappa shape index (κ2) is 8.47. The van der Waals surface area contributed by atoms with Crippen LogP contribution in [0.4, 0.5) is 11.4 Å². The van der Waals surface area contributed by atoms with Gasteiger partial charge >= 0.3 is 5.97 Å². The Kier molecular flexibility index (Phi) is 6.01. The number of benzene rings is 2. The summed E-state index contributed by atoms with van der Waals surface area (Å²) in [5, 5.41) is 2.73. The first kappa shape index (κ1) is 20.6. The third-order valence-electron chi connectivity index (χ3n) is 4.86. The summed E-state index contributed by atoms with van der Waals surface area (Å²) in [6, 6.07) is 14.3. The zero-order chi connectivity index (χ0) is 21.0. The molecule has 2 aromatic rings. The number of para-hydroxylation sites is 2. The highest BCUT2D eigenvalue weighted by Gasteiger charge is 2.24. The van der Waals surface area contributed by atoms with Crippen LogP contribution >= 0.6 is 0 Å². The van der Waals surface area contributed by atoms with Crippen LogP contribution in [-0.2, 0) is 19.7 Å². The molecule has 2 aromatic carbocycles. The van der Waals surface area contributed by atoms with Crippen molar-refractivity contribution in [3.63, 3.8) is 0 Å². The fourth-order valence-electron chi connectivity index (χ4n) is 3.22. The van der Waals surface area contributed by atoms with Crippen molar-refractivity contribution in [2.45, 2.75) is 39.0 Å². The highest BCUT2D eigenvalue weighted by molar-refractivity contribution is 6.02.